The predicted octanol–water partition coefficient (Wildman–Crippen LogP) is 4.37. The van der Waals surface area contributed by atoms with Gasteiger partial charge in [-0.25, -0.2) is 4.79 Å². The molecule has 2 aromatic heterocycles. The Morgan fingerprint density at radius 1 is 1.08 bits per heavy atom. The average molecular weight is 738 g/mol. The van der Waals surface area contributed by atoms with Gasteiger partial charge in [-0.05, 0) is 75.3 Å². The summed E-state index contributed by atoms with van der Waals surface area (Å²) in [5.41, 5.74) is -2.85. The summed E-state index contributed by atoms with van der Waals surface area (Å²) < 4.78 is 34.0. The van der Waals surface area contributed by atoms with Gasteiger partial charge in [0.05, 0.1) is 30.2 Å². The monoisotopic (exact) mass is 737 g/mol. The Hall–Kier alpha value is -2.80. The predicted molar refractivity (Wildman–Crippen MR) is 179 cm³/mol. The molecule has 50 heavy (non-hydrogen) atoms. The van der Waals surface area contributed by atoms with Crippen LogP contribution in [0.15, 0.2) is 39.8 Å². The minimum Gasteiger partial charge on any atom is -0.484 e. The molecule has 1 aliphatic heterocycles. The van der Waals surface area contributed by atoms with E-state index in [1.165, 1.54) is 0 Å². The number of fused-ring (bicyclic) bond motifs is 4. The first-order chi connectivity index (χ1) is 23.5. The molecule has 0 spiro atoms. The van der Waals surface area contributed by atoms with Crippen LogP contribution in [-0.2, 0) is 23.6 Å². The molecule has 5 aliphatic rings. The Morgan fingerprint density at radius 2 is 1.76 bits per heavy atom. The van der Waals surface area contributed by atoms with Crippen LogP contribution in [0.1, 0.15) is 77.4 Å². The first-order valence-corrected chi connectivity index (χ1v) is 19.5. The quantitative estimate of drug-likeness (QED) is 0.169. The summed E-state index contributed by atoms with van der Waals surface area (Å²) in [7, 11) is -3.80. The minimum atomic E-state index is -3.80. The van der Waals surface area contributed by atoms with Gasteiger partial charge in [0.1, 0.15) is 35.4 Å². The number of aliphatic hydroxyl groups excluding tert-OH is 2. The van der Waals surface area contributed by atoms with Crippen LogP contribution in [0.4, 0.5) is 0 Å². The Morgan fingerprint density at radius 3 is 2.34 bits per heavy atom. The third-order valence-corrected chi connectivity index (χ3v) is 12.8. The summed E-state index contributed by atoms with van der Waals surface area (Å²) in [4.78, 5) is 59.2. The summed E-state index contributed by atoms with van der Waals surface area (Å²) in [6.07, 6.45) is 4.66. The highest BCUT2D eigenvalue weighted by atomic mass is 35.5. The van der Waals surface area contributed by atoms with Crippen molar-refractivity contribution >= 4 is 31.1 Å². The normalized spacial score (nSPS) is 34.4. The molecule has 15 heteroatoms. The highest BCUT2D eigenvalue weighted by molar-refractivity contribution is 7.51. The van der Waals surface area contributed by atoms with Gasteiger partial charge in [0.15, 0.2) is 0 Å². The first kappa shape index (κ1) is 37.0. The molecule has 4 aliphatic carbocycles. The van der Waals surface area contributed by atoms with Gasteiger partial charge >= 0.3 is 25.2 Å². The van der Waals surface area contributed by atoms with E-state index in [-0.39, 0.29) is 71.8 Å². The van der Waals surface area contributed by atoms with Crippen molar-refractivity contribution in [3.8, 4) is 17.1 Å². The van der Waals surface area contributed by atoms with Crippen molar-refractivity contribution in [3.05, 3.63) is 46.6 Å². The molecule has 0 amide bonds. The number of ether oxygens (including phenoxy) is 3. The van der Waals surface area contributed by atoms with Gasteiger partial charge in [0, 0.05) is 41.2 Å². The number of aliphatic hydroxyl groups is 2. The molecule has 0 aromatic carbocycles. The number of pyridine rings is 1. The van der Waals surface area contributed by atoms with E-state index in [2.05, 4.69) is 11.9 Å². The number of esters is 2. The highest BCUT2D eigenvalue weighted by Crippen LogP contribution is 2.67. The van der Waals surface area contributed by atoms with Gasteiger partial charge in [-0.3, -0.25) is 19.1 Å². The third kappa shape index (κ3) is 7.01. The molecule has 0 radical (unpaired) electrons. The zero-order valence-electron chi connectivity index (χ0n) is 28.3. The zero-order chi connectivity index (χ0) is 36.2. The lowest BCUT2D eigenvalue weighted by atomic mass is 9.42. The highest BCUT2D eigenvalue weighted by Gasteiger charge is 2.70. The molecule has 0 saturated heterocycles. The van der Waals surface area contributed by atoms with E-state index >= 15 is 0 Å². The Labute approximate surface area is 294 Å². The van der Waals surface area contributed by atoms with Crippen molar-refractivity contribution < 1.29 is 52.8 Å². The van der Waals surface area contributed by atoms with Crippen molar-refractivity contribution in [2.45, 2.75) is 89.6 Å². The van der Waals surface area contributed by atoms with E-state index in [1.807, 2.05) is 6.92 Å². The molecule has 4 N–H and O–H groups in total. The van der Waals surface area contributed by atoms with Crippen LogP contribution in [0.5, 0.6) is 5.75 Å². The van der Waals surface area contributed by atoms with E-state index in [0.717, 1.165) is 25.7 Å². The van der Waals surface area contributed by atoms with Crippen LogP contribution < -0.4 is 10.4 Å². The summed E-state index contributed by atoms with van der Waals surface area (Å²) in [5.74, 6) is -1.24. The molecule has 274 valence electrons. The number of hydrogen-bond acceptors (Lipinski definition) is 11. The van der Waals surface area contributed by atoms with Gasteiger partial charge in [-0.2, -0.15) is 0 Å². The first-order valence-electron chi connectivity index (χ1n) is 17.1. The second-order valence-corrected chi connectivity index (χ2v) is 17.3. The van der Waals surface area contributed by atoms with Gasteiger partial charge in [-0.1, -0.05) is 13.8 Å². The number of aromatic nitrogens is 1. The van der Waals surface area contributed by atoms with E-state index in [4.69, 9.17) is 40.0 Å². The molecule has 0 unspecified atom stereocenters. The fourth-order valence-electron chi connectivity index (χ4n) is 8.56. The number of hydrogen-bond donors (Lipinski definition) is 4. The standard InChI is InChI=1S/C33H39NO9.C2H6ClO3P/c1-31-11-10-24(42-29(38)18-8-9-18)32(2,16-40-28(37)17-6-7-17)22(31)14-23(35)33(3)27(31)26(36)25-21(43-33)13-20(41-30(25)39)19-5-4-12-34-15-19;3-1-2-7(4,5)6/h4-5,12-13,15,17-18,22-24,26-27,35-36H,6-11,14,16H2,1-3H3;1-2H2,(H2,4,5,6)/t22-,23+,24+,26+,27-,31+,32+,33-;/m1./s1. The summed E-state index contributed by atoms with van der Waals surface area (Å²) in [6, 6.07) is 5.06. The molecular formula is C35H45ClNO12P. The Bertz CT molecular complexity index is 1710. The van der Waals surface area contributed by atoms with Gasteiger partial charge in [-0.15, -0.1) is 11.6 Å². The maximum Gasteiger partial charge on any atom is 0.345 e. The maximum absolute atomic E-state index is 13.4. The van der Waals surface area contributed by atoms with Gasteiger partial charge in [0.2, 0.25) is 0 Å². The van der Waals surface area contributed by atoms with E-state index in [1.54, 1.807) is 37.5 Å². The molecule has 13 nitrogen and oxygen atoms in total. The van der Waals surface area contributed by atoms with E-state index in [9.17, 15) is 29.2 Å². The summed E-state index contributed by atoms with van der Waals surface area (Å²) in [6.45, 7) is 5.84. The molecule has 4 saturated carbocycles. The van der Waals surface area contributed by atoms with Crippen molar-refractivity contribution in [1.82, 2.24) is 4.98 Å². The topological polar surface area (TPSA) is 203 Å². The third-order valence-electron chi connectivity index (χ3n) is 11.5. The van der Waals surface area contributed by atoms with Crippen molar-refractivity contribution in [3.63, 3.8) is 0 Å². The van der Waals surface area contributed by atoms with Crippen LogP contribution in [-0.4, -0.2) is 73.4 Å². The summed E-state index contributed by atoms with van der Waals surface area (Å²) >= 11 is 4.99. The lowest BCUT2D eigenvalue weighted by molar-refractivity contribution is -0.267. The number of carbonyl (C=O) groups excluding carboxylic acids is 2. The molecule has 0 bridgehead atoms. The van der Waals surface area contributed by atoms with Crippen LogP contribution in [0.2, 0.25) is 0 Å². The van der Waals surface area contributed by atoms with Crippen LogP contribution in [0, 0.1) is 34.5 Å². The number of alkyl halides is 1. The van der Waals surface area contributed by atoms with Gasteiger partial charge < -0.3 is 38.6 Å². The van der Waals surface area contributed by atoms with E-state index < -0.39 is 53.9 Å². The van der Waals surface area contributed by atoms with Crippen molar-refractivity contribution in [2.75, 3.05) is 18.6 Å². The molecule has 3 heterocycles. The number of halogens is 1. The Kier molecular flexibility index (Phi) is 10.1. The number of carbonyl (C=O) groups is 2. The lowest BCUT2D eigenvalue weighted by Crippen LogP contribution is -2.71. The molecule has 8 atom stereocenters. The summed E-state index contributed by atoms with van der Waals surface area (Å²) in [5, 5.41) is 23.8. The average Bonchev–Trinajstić information content (AvgIpc) is 3.96. The fraction of sp³-hybridized carbons (Fsp3) is 0.657. The second kappa shape index (κ2) is 13.6. The maximum atomic E-state index is 13.4. The molecule has 2 aromatic rings. The van der Waals surface area contributed by atoms with Crippen molar-refractivity contribution in [2.24, 2.45) is 34.5 Å². The second-order valence-electron chi connectivity index (χ2n) is 15.1. The zero-order valence-corrected chi connectivity index (χ0v) is 30.0. The minimum absolute atomic E-state index is 0.0181. The molecule has 4 fully saturated rings. The fourth-order valence-corrected chi connectivity index (χ4v) is 9.44. The Balaban J connectivity index is 0.000000561. The SMILES string of the molecule is C[C@]1(COC(=O)C2CC2)[C@@H]2C[C@H](O)[C@@]3(C)Oc4cc(-c5cccnc5)oc(=O)c4[C@H](O)[C@@H]3[C@@]2(C)CC[C@@H]1OC(=O)C1CC1.O=P(O)(O)CCCl. The lowest BCUT2D eigenvalue weighted by Gasteiger charge is -2.66. The van der Waals surface area contributed by atoms with Crippen LogP contribution in [0.25, 0.3) is 11.3 Å². The largest absolute Gasteiger partial charge is 0.484 e. The van der Waals surface area contributed by atoms with E-state index in [0.29, 0.717) is 18.4 Å². The van der Waals surface area contributed by atoms with Crippen LogP contribution >= 0.6 is 19.2 Å². The van der Waals surface area contributed by atoms with Gasteiger partial charge in [0.25, 0.3) is 0 Å². The van der Waals surface area contributed by atoms with Crippen LogP contribution in [0.3, 0.4) is 0 Å². The van der Waals surface area contributed by atoms with Crippen molar-refractivity contribution in [1.29, 1.82) is 0 Å². The molecule has 7 rings (SSSR count). The smallest absolute Gasteiger partial charge is 0.345 e. The number of nitrogens with zero attached hydrogens (tertiary/aromatic N) is 1. The number of rotatable bonds is 8. The molecular weight excluding hydrogens is 693 g/mol.